The van der Waals surface area contributed by atoms with Crippen molar-refractivity contribution >= 4 is 18.3 Å². The van der Waals surface area contributed by atoms with Crippen LogP contribution in [0.5, 0.6) is 0 Å². The van der Waals surface area contributed by atoms with Crippen LogP contribution in [-0.2, 0) is 4.74 Å². The number of carbonyl (C=O) groups excluding carboxylic acids is 1. The van der Waals surface area contributed by atoms with Crippen LogP contribution in [0.4, 0.5) is 0 Å². The summed E-state index contributed by atoms with van der Waals surface area (Å²) in [5.41, 5.74) is 1.40. The molecule has 0 aliphatic carbocycles. The van der Waals surface area contributed by atoms with Gasteiger partial charge in [-0.3, -0.25) is 4.79 Å². The number of aromatic nitrogens is 4. The second-order valence-electron chi connectivity index (χ2n) is 4.30. The second-order valence-corrected chi connectivity index (χ2v) is 4.30. The van der Waals surface area contributed by atoms with Crippen molar-refractivity contribution in [3.63, 3.8) is 0 Å². The number of hydrogen-bond donors (Lipinski definition) is 2. The smallest absolute Gasteiger partial charge is 0.251 e. The van der Waals surface area contributed by atoms with Crippen molar-refractivity contribution in [1.29, 1.82) is 0 Å². The number of nitrogens with one attached hydrogen (secondary N) is 2. The maximum Gasteiger partial charge on any atom is 0.251 e. The van der Waals surface area contributed by atoms with Gasteiger partial charge >= 0.3 is 0 Å². The van der Waals surface area contributed by atoms with Crippen LogP contribution in [0, 0.1) is 0 Å². The molecule has 0 bridgehead atoms. The zero-order valence-corrected chi connectivity index (χ0v) is 13.0. The van der Waals surface area contributed by atoms with Crippen molar-refractivity contribution in [2.75, 3.05) is 33.4 Å². The van der Waals surface area contributed by atoms with Crippen LogP contribution < -0.4 is 10.6 Å². The zero-order valence-electron chi connectivity index (χ0n) is 12.2. The van der Waals surface area contributed by atoms with Gasteiger partial charge in [-0.25, -0.2) is 4.68 Å². The molecule has 1 heterocycles. The van der Waals surface area contributed by atoms with Crippen molar-refractivity contribution in [3.05, 3.63) is 36.2 Å². The number of nitrogens with zero attached hydrogens (tertiary/aromatic N) is 4. The summed E-state index contributed by atoms with van der Waals surface area (Å²) in [6.07, 6.45) is 1.50. The molecule has 1 aromatic carbocycles. The first-order chi connectivity index (χ1) is 10.3. The van der Waals surface area contributed by atoms with Crippen LogP contribution >= 0.6 is 12.4 Å². The molecule has 1 aromatic heterocycles. The number of ether oxygens (including phenoxy) is 1. The number of hydrogen-bond acceptors (Lipinski definition) is 6. The Morgan fingerprint density at radius 3 is 2.64 bits per heavy atom. The molecule has 0 unspecified atom stereocenters. The number of halogens is 1. The molecule has 0 radical (unpaired) electrons. The molecule has 22 heavy (non-hydrogen) atoms. The number of tetrazole rings is 1. The van der Waals surface area contributed by atoms with Gasteiger partial charge in [-0.2, -0.15) is 0 Å². The highest BCUT2D eigenvalue weighted by atomic mass is 35.5. The number of methoxy groups -OCH3 is 1. The number of rotatable bonds is 8. The van der Waals surface area contributed by atoms with Crippen molar-refractivity contribution in [2.45, 2.75) is 0 Å². The molecule has 2 aromatic rings. The molecule has 0 saturated carbocycles. The van der Waals surface area contributed by atoms with Gasteiger partial charge in [0.25, 0.3) is 5.91 Å². The Hall–Kier alpha value is -2.03. The van der Waals surface area contributed by atoms with E-state index in [1.807, 2.05) is 0 Å². The molecular weight excluding hydrogens is 308 g/mol. The Morgan fingerprint density at radius 1 is 1.23 bits per heavy atom. The lowest BCUT2D eigenvalue weighted by atomic mass is 10.2. The third-order valence-corrected chi connectivity index (χ3v) is 2.81. The first-order valence-electron chi connectivity index (χ1n) is 6.62. The lowest BCUT2D eigenvalue weighted by Gasteiger charge is -2.07. The molecule has 1 amide bonds. The molecule has 0 aliphatic heterocycles. The third kappa shape index (κ3) is 5.40. The first-order valence-corrected chi connectivity index (χ1v) is 6.62. The Labute approximate surface area is 134 Å². The van der Waals surface area contributed by atoms with E-state index in [4.69, 9.17) is 4.74 Å². The Bertz CT molecular complexity index is 546. The van der Waals surface area contributed by atoms with Crippen molar-refractivity contribution < 1.29 is 9.53 Å². The predicted octanol–water partition coefficient (Wildman–Crippen LogP) is 0.0499. The van der Waals surface area contributed by atoms with E-state index in [0.717, 1.165) is 12.2 Å². The molecule has 0 spiro atoms. The molecule has 0 fully saturated rings. The van der Waals surface area contributed by atoms with E-state index >= 15 is 0 Å². The second kappa shape index (κ2) is 9.82. The van der Waals surface area contributed by atoms with Crippen molar-refractivity contribution in [2.24, 2.45) is 0 Å². The minimum atomic E-state index is -0.105. The van der Waals surface area contributed by atoms with E-state index in [0.29, 0.717) is 25.3 Å². The highest BCUT2D eigenvalue weighted by molar-refractivity contribution is 5.94. The normalized spacial score (nSPS) is 10.0. The van der Waals surface area contributed by atoms with Gasteiger partial charge in [-0.1, -0.05) is 0 Å². The lowest BCUT2D eigenvalue weighted by molar-refractivity contribution is 0.0953. The van der Waals surface area contributed by atoms with Crippen molar-refractivity contribution in [1.82, 2.24) is 30.8 Å². The summed E-state index contributed by atoms with van der Waals surface area (Å²) in [4.78, 5) is 11.9. The molecule has 8 nitrogen and oxygen atoms in total. The summed E-state index contributed by atoms with van der Waals surface area (Å²) < 4.78 is 6.44. The Kier molecular flexibility index (Phi) is 8.05. The summed E-state index contributed by atoms with van der Waals surface area (Å²) in [5.74, 6) is -0.105. The summed E-state index contributed by atoms with van der Waals surface area (Å²) in [6.45, 7) is 2.70. The van der Waals surface area contributed by atoms with Gasteiger partial charge in [0.05, 0.1) is 12.3 Å². The molecule has 2 N–H and O–H groups in total. The van der Waals surface area contributed by atoms with Crippen LogP contribution in [0.15, 0.2) is 30.6 Å². The number of carbonyl (C=O) groups is 1. The Morgan fingerprint density at radius 2 is 2.00 bits per heavy atom. The van der Waals surface area contributed by atoms with Crippen LogP contribution in [0.3, 0.4) is 0 Å². The fourth-order valence-corrected chi connectivity index (χ4v) is 1.71. The van der Waals surface area contributed by atoms with Crippen LogP contribution in [0.1, 0.15) is 10.4 Å². The summed E-state index contributed by atoms with van der Waals surface area (Å²) in [5, 5.41) is 16.9. The van der Waals surface area contributed by atoms with Gasteiger partial charge < -0.3 is 15.4 Å². The summed E-state index contributed by atoms with van der Waals surface area (Å²) in [7, 11) is 1.66. The van der Waals surface area contributed by atoms with E-state index < -0.39 is 0 Å². The van der Waals surface area contributed by atoms with E-state index in [9.17, 15) is 4.79 Å². The molecular formula is C13H19ClN6O2. The molecule has 9 heteroatoms. The van der Waals surface area contributed by atoms with Crippen LogP contribution in [0.2, 0.25) is 0 Å². The number of benzene rings is 1. The van der Waals surface area contributed by atoms with Gasteiger partial charge in [-0.05, 0) is 34.7 Å². The molecule has 2 rings (SSSR count). The SMILES string of the molecule is COCCNCCNC(=O)c1ccc(-n2cnnn2)cc1.Cl. The van der Waals surface area contributed by atoms with Crippen LogP contribution in [0.25, 0.3) is 5.69 Å². The molecule has 0 saturated heterocycles. The quantitative estimate of drug-likeness (QED) is 0.666. The fourth-order valence-electron chi connectivity index (χ4n) is 1.71. The molecule has 0 atom stereocenters. The summed E-state index contributed by atoms with van der Waals surface area (Å²) >= 11 is 0. The number of amides is 1. The standard InChI is InChI=1S/C13H18N6O2.ClH/c1-21-9-8-14-6-7-15-13(20)11-2-4-12(5-3-11)19-10-16-17-18-19;/h2-5,10,14H,6-9H2,1H3,(H,15,20);1H. The van der Waals surface area contributed by atoms with Gasteiger partial charge in [0.1, 0.15) is 6.33 Å². The third-order valence-electron chi connectivity index (χ3n) is 2.81. The van der Waals surface area contributed by atoms with Gasteiger partial charge in [0.2, 0.25) is 0 Å². The minimum Gasteiger partial charge on any atom is -0.383 e. The fraction of sp³-hybridized carbons (Fsp3) is 0.385. The van der Waals surface area contributed by atoms with E-state index in [1.165, 1.54) is 11.0 Å². The van der Waals surface area contributed by atoms with E-state index in [2.05, 4.69) is 26.2 Å². The van der Waals surface area contributed by atoms with Gasteiger partial charge in [0.15, 0.2) is 0 Å². The van der Waals surface area contributed by atoms with Gasteiger partial charge in [0, 0.05) is 32.3 Å². The van der Waals surface area contributed by atoms with E-state index in [-0.39, 0.29) is 18.3 Å². The topological polar surface area (TPSA) is 94.0 Å². The first kappa shape index (κ1) is 18.0. The van der Waals surface area contributed by atoms with E-state index in [1.54, 1.807) is 31.4 Å². The highest BCUT2D eigenvalue weighted by Gasteiger charge is 2.05. The predicted molar refractivity (Wildman–Crippen MR) is 83.5 cm³/mol. The minimum absolute atomic E-state index is 0. The largest absolute Gasteiger partial charge is 0.383 e. The Balaban J connectivity index is 0.00000242. The molecule has 120 valence electrons. The van der Waals surface area contributed by atoms with Crippen molar-refractivity contribution in [3.8, 4) is 5.69 Å². The average Bonchev–Trinajstić information content (AvgIpc) is 3.05. The molecule has 0 aliphatic rings. The maximum atomic E-state index is 11.9. The summed E-state index contributed by atoms with van der Waals surface area (Å²) in [6, 6.07) is 7.07. The lowest BCUT2D eigenvalue weighted by Crippen LogP contribution is -2.33. The van der Waals surface area contributed by atoms with Gasteiger partial charge in [-0.15, -0.1) is 17.5 Å². The monoisotopic (exact) mass is 326 g/mol. The highest BCUT2D eigenvalue weighted by Crippen LogP contribution is 2.07. The zero-order chi connectivity index (χ0) is 14.9. The average molecular weight is 327 g/mol. The maximum absolute atomic E-state index is 11.9. The van der Waals surface area contributed by atoms with Crippen LogP contribution in [-0.4, -0.2) is 59.5 Å².